The Labute approximate surface area is 67.6 Å². The lowest BCUT2D eigenvalue weighted by Gasteiger charge is -2.18. The number of amides is 1. The van der Waals surface area contributed by atoms with Crippen molar-refractivity contribution in [1.82, 2.24) is 0 Å². The summed E-state index contributed by atoms with van der Waals surface area (Å²) in [6, 6.07) is 0. The molecule has 0 aromatic rings. The third-order valence-electron chi connectivity index (χ3n) is 1.33. The summed E-state index contributed by atoms with van der Waals surface area (Å²) < 4.78 is 0. The first-order valence-electron chi connectivity index (χ1n) is 3.09. The van der Waals surface area contributed by atoms with E-state index in [1.807, 2.05) is 6.92 Å². The van der Waals surface area contributed by atoms with E-state index >= 15 is 0 Å². The fourth-order valence-electron chi connectivity index (χ4n) is 0.643. The fourth-order valence-corrected chi connectivity index (χ4v) is 0.643. The van der Waals surface area contributed by atoms with Gasteiger partial charge in [0, 0.05) is 0 Å². The second-order valence-electron chi connectivity index (χ2n) is 2.53. The summed E-state index contributed by atoms with van der Waals surface area (Å²) in [7, 11) is 0. The monoisotopic (exact) mass is 166 g/mol. The molecule has 0 spiro atoms. The van der Waals surface area contributed by atoms with E-state index in [-0.39, 0.29) is 12.4 Å². The first-order chi connectivity index (χ1) is 4.00. The van der Waals surface area contributed by atoms with Crippen molar-refractivity contribution in [2.24, 2.45) is 11.5 Å². The topological polar surface area (TPSA) is 69.1 Å². The molecule has 4 N–H and O–H groups in total. The molecule has 0 heterocycles. The normalized spacial score (nSPS) is 15.1. The minimum absolute atomic E-state index is 0. The molecule has 0 saturated heterocycles. The number of carbonyl (C=O) groups is 1. The van der Waals surface area contributed by atoms with Gasteiger partial charge in [-0.2, -0.15) is 0 Å². The molecule has 0 radical (unpaired) electrons. The van der Waals surface area contributed by atoms with Gasteiger partial charge in [-0.3, -0.25) is 4.79 Å². The molecule has 0 bridgehead atoms. The molecule has 0 saturated carbocycles. The Morgan fingerprint density at radius 2 is 2.00 bits per heavy atom. The second-order valence-corrected chi connectivity index (χ2v) is 2.53. The lowest BCUT2D eigenvalue weighted by Crippen LogP contribution is -2.49. The van der Waals surface area contributed by atoms with Crippen LogP contribution in [0.5, 0.6) is 0 Å². The van der Waals surface area contributed by atoms with Crippen LogP contribution in [0.25, 0.3) is 0 Å². The summed E-state index contributed by atoms with van der Waals surface area (Å²) >= 11 is 0. The Kier molecular flexibility index (Phi) is 5.61. The predicted octanol–water partition coefficient (Wildman–Crippen LogP) is 0.411. The molecular formula is C6H15ClN2O. The highest BCUT2D eigenvalue weighted by Gasteiger charge is 2.23. The molecule has 3 nitrogen and oxygen atoms in total. The van der Waals surface area contributed by atoms with Crippen LogP contribution in [0.15, 0.2) is 0 Å². The molecule has 0 aromatic heterocycles. The van der Waals surface area contributed by atoms with Gasteiger partial charge in [0.2, 0.25) is 5.91 Å². The number of primary amides is 1. The molecular weight excluding hydrogens is 152 g/mol. The van der Waals surface area contributed by atoms with Crippen LogP contribution in [0.4, 0.5) is 0 Å². The molecule has 0 rings (SSSR count). The second kappa shape index (κ2) is 4.52. The van der Waals surface area contributed by atoms with Crippen molar-refractivity contribution < 1.29 is 4.79 Å². The van der Waals surface area contributed by atoms with Crippen molar-refractivity contribution in [1.29, 1.82) is 0 Å². The average molecular weight is 167 g/mol. The molecule has 0 fully saturated rings. The Morgan fingerprint density at radius 3 is 2.10 bits per heavy atom. The standard InChI is InChI=1S/C6H14N2O.ClH/c1-3-4-6(2,8)5(7)9;/h3-4,8H2,1-2H3,(H2,7,9);1H. The maximum atomic E-state index is 10.5. The maximum absolute atomic E-state index is 10.5. The van der Waals surface area contributed by atoms with Gasteiger partial charge in [-0.25, -0.2) is 0 Å². The third-order valence-corrected chi connectivity index (χ3v) is 1.33. The van der Waals surface area contributed by atoms with E-state index in [0.29, 0.717) is 6.42 Å². The fraction of sp³-hybridized carbons (Fsp3) is 0.833. The zero-order valence-corrected chi connectivity index (χ0v) is 7.20. The average Bonchev–Trinajstić information content (AvgIpc) is 1.65. The zero-order chi connectivity index (χ0) is 7.49. The summed E-state index contributed by atoms with van der Waals surface area (Å²) in [5.41, 5.74) is 9.68. The first kappa shape index (κ1) is 12.4. The van der Waals surface area contributed by atoms with E-state index in [4.69, 9.17) is 11.5 Å². The molecule has 0 aliphatic rings. The molecule has 0 aliphatic carbocycles. The molecule has 0 aliphatic heterocycles. The molecule has 10 heavy (non-hydrogen) atoms. The molecule has 0 aromatic carbocycles. The van der Waals surface area contributed by atoms with Crippen LogP contribution < -0.4 is 11.5 Å². The van der Waals surface area contributed by atoms with Crippen molar-refractivity contribution in [2.75, 3.05) is 0 Å². The summed E-state index contributed by atoms with van der Waals surface area (Å²) in [4.78, 5) is 10.5. The van der Waals surface area contributed by atoms with Crippen LogP contribution in [0.3, 0.4) is 0 Å². The van der Waals surface area contributed by atoms with Gasteiger partial charge in [0.25, 0.3) is 0 Å². The predicted molar refractivity (Wildman–Crippen MR) is 43.9 cm³/mol. The lowest BCUT2D eigenvalue weighted by molar-refractivity contribution is -0.122. The van der Waals surface area contributed by atoms with Crippen molar-refractivity contribution >= 4 is 18.3 Å². The summed E-state index contributed by atoms with van der Waals surface area (Å²) in [6.07, 6.45) is 1.54. The van der Waals surface area contributed by atoms with Crippen LogP contribution >= 0.6 is 12.4 Å². The van der Waals surface area contributed by atoms with Crippen molar-refractivity contribution in [3.63, 3.8) is 0 Å². The van der Waals surface area contributed by atoms with Crippen molar-refractivity contribution in [3.8, 4) is 0 Å². The quantitative estimate of drug-likeness (QED) is 0.638. The Morgan fingerprint density at radius 1 is 1.60 bits per heavy atom. The zero-order valence-electron chi connectivity index (χ0n) is 6.39. The number of halogens is 1. The SMILES string of the molecule is CCCC(C)(N)C(N)=O.Cl. The molecule has 1 atom stereocenters. The van der Waals surface area contributed by atoms with Gasteiger partial charge in [0.15, 0.2) is 0 Å². The van der Waals surface area contributed by atoms with Crippen molar-refractivity contribution in [2.45, 2.75) is 32.2 Å². The van der Waals surface area contributed by atoms with Crippen LogP contribution in [0, 0.1) is 0 Å². The molecule has 1 amide bonds. The number of hydrogen-bond donors (Lipinski definition) is 2. The van der Waals surface area contributed by atoms with Crippen LogP contribution in [-0.4, -0.2) is 11.4 Å². The van der Waals surface area contributed by atoms with E-state index in [9.17, 15) is 4.79 Å². The largest absolute Gasteiger partial charge is 0.368 e. The lowest BCUT2D eigenvalue weighted by atomic mass is 9.97. The maximum Gasteiger partial charge on any atom is 0.237 e. The van der Waals surface area contributed by atoms with Crippen LogP contribution in [0.2, 0.25) is 0 Å². The highest BCUT2D eigenvalue weighted by atomic mass is 35.5. The minimum atomic E-state index is -0.811. The van der Waals surface area contributed by atoms with Gasteiger partial charge < -0.3 is 11.5 Å². The third kappa shape index (κ3) is 3.69. The van der Waals surface area contributed by atoms with E-state index in [1.54, 1.807) is 6.92 Å². The van der Waals surface area contributed by atoms with Gasteiger partial charge in [0.05, 0.1) is 5.54 Å². The Hall–Kier alpha value is -0.280. The van der Waals surface area contributed by atoms with Gasteiger partial charge in [-0.15, -0.1) is 12.4 Å². The first-order valence-corrected chi connectivity index (χ1v) is 3.09. The number of carbonyl (C=O) groups excluding carboxylic acids is 1. The summed E-state index contributed by atoms with van der Waals surface area (Å²) in [5.74, 6) is -0.427. The van der Waals surface area contributed by atoms with E-state index in [0.717, 1.165) is 6.42 Å². The highest BCUT2D eigenvalue weighted by Crippen LogP contribution is 2.06. The number of hydrogen-bond acceptors (Lipinski definition) is 2. The highest BCUT2D eigenvalue weighted by molar-refractivity contribution is 5.85. The smallest absolute Gasteiger partial charge is 0.237 e. The van der Waals surface area contributed by atoms with E-state index in [1.165, 1.54) is 0 Å². The minimum Gasteiger partial charge on any atom is -0.368 e. The van der Waals surface area contributed by atoms with Gasteiger partial charge >= 0.3 is 0 Å². The van der Waals surface area contributed by atoms with E-state index < -0.39 is 11.4 Å². The Balaban J connectivity index is 0. The van der Waals surface area contributed by atoms with Gasteiger partial charge in [-0.1, -0.05) is 13.3 Å². The van der Waals surface area contributed by atoms with Gasteiger partial charge in [0.1, 0.15) is 0 Å². The number of nitrogens with two attached hydrogens (primary N) is 2. The van der Waals surface area contributed by atoms with Crippen LogP contribution in [0.1, 0.15) is 26.7 Å². The summed E-state index contributed by atoms with van der Waals surface area (Å²) in [5, 5.41) is 0. The van der Waals surface area contributed by atoms with Crippen molar-refractivity contribution in [3.05, 3.63) is 0 Å². The Bertz CT molecular complexity index is 114. The molecule has 1 unspecified atom stereocenters. The van der Waals surface area contributed by atoms with Crippen LogP contribution in [-0.2, 0) is 4.79 Å². The van der Waals surface area contributed by atoms with Gasteiger partial charge in [-0.05, 0) is 13.3 Å². The summed E-state index contributed by atoms with van der Waals surface area (Å²) in [6.45, 7) is 3.62. The van der Waals surface area contributed by atoms with E-state index in [2.05, 4.69) is 0 Å². The molecule has 4 heteroatoms. The number of rotatable bonds is 3. The molecule has 62 valence electrons.